The number of rotatable bonds is 4. The van der Waals surface area contributed by atoms with Gasteiger partial charge in [-0.15, -0.1) is 11.3 Å². The number of aryl methyl sites for hydroxylation is 1. The van der Waals surface area contributed by atoms with E-state index >= 15 is 0 Å². The molecule has 16 heavy (non-hydrogen) atoms. The smallest absolute Gasteiger partial charge is 0.124 e. The molecule has 0 atom stereocenters. The third-order valence-corrected chi connectivity index (χ3v) is 3.39. The highest BCUT2D eigenvalue weighted by atomic mass is 32.1. The fourth-order valence-corrected chi connectivity index (χ4v) is 2.72. The molecule has 86 valence electrons. The second-order valence-corrected chi connectivity index (χ2v) is 5.28. The van der Waals surface area contributed by atoms with E-state index in [-0.39, 0.29) is 6.61 Å². The van der Waals surface area contributed by atoms with E-state index in [1.54, 1.807) is 17.7 Å². The molecule has 6 heteroatoms. The number of hydrogen-bond acceptors (Lipinski definition) is 5. The molecule has 0 aliphatic heterocycles. The summed E-state index contributed by atoms with van der Waals surface area (Å²) < 4.78 is 7.95. The average Bonchev–Trinajstić information content (AvgIpc) is 2.62. The maximum Gasteiger partial charge on any atom is 0.124 e. The van der Waals surface area contributed by atoms with Gasteiger partial charge < -0.3 is 14.4 Å². The van der Waals surface area contributed by atoms with Crippen LogP contribution in [0.5, 0.6) is 0 Å². The van der Waals surface area contributed by atoms with Crippen LogP contribution in [0.3, 0.4) is 0 Å². The summed E-state index contributed by atoms with van der Waals surface area (Å²) in [6, 6.07) is 2.05. The van der Waals surface area contributed by atoms with Crippen LogP contribution in [-0.2, 0) is 11.5 Å². The normalized spacial score (nSPS) is 11.1. The number of fused-ring (bicyclic) bond motifs is 1. The minimum Gasteiger partial charge on any atom is -0.394 e. The third-order valence-electron chi connectivity index (χ3n) is 2.13. The molecule has 0 amide bonds. The summed E-state index contributed by atoms with van der Waals surface area (Å²) in [6.45, 7) is 2.76. The molecule has 0 radical (unpaired) electrons. The SMILES string of the molecule is Cc1cc2c(ncn2COCCO)c(=S)s1. The molecule has 0 aromatic carbocycles. The third kappa shape index (κ3) is 2.30. The van der Waals surface area contributed by atoms with Crippen molar-refractivity contribution in [1.82, 2.24) is 9.55 Å². The van der Waals surface area contributed by atoms with Crippen LogP contribution in [0, 0.1) is 10.7 Å². The van der Waals surface area contributed by atoms with Crippen molar-refractivity contribution in [3.8, 4) is 0 Å². The molecule has 1 N–H and O–H groups in total. The van der Waals surface area contributed by atoms with Crippen molar-refractivity contribution in [2.45, 2.75) is 13.7 Å². The van der Waals surface area contributed by atoms with E-state index in [1.165, 1.54) is 0 Å². The molecule has 0 saturated heterocycles. The summed E-state index contributed by atoms with van der Waals surface area (Å²) in [6.07, 6.45) is 1.71. The van der Waals surface area contributed by atoms with E-state index in [4.69, 9.17) is 22.1 Å². The molecule has 2 aromatic rings. The van der Waals surface area contributed by atoms with Gasteiger partial charge in [-0.1, -0.05) is 12.2 Å². The largest absolute Gasteiger partial charge is 0.394 e. The van der Waals surface area contributed by atoms with Crippen molar-refractivity contribution >= 4 is 34.6 Å². The maximum atomic E-state index is 8.63. The minimum absolute atomic E-state index is 0.0278. The zero-order chi connectivity index (χ0) is 11.5. The lowest BCUT2D eigenvalue weighted by Gasteiger charge is -2.04. The first-order valence-electron chi connectivity index (χ1n) is 4.86. The monoisotopic (exact) mass is 256 g/mol. The van der Waals surface area contributed by atoms with E-state index in [0.717, 1.165) is 19.7 Å². The maximum absolute atomic E-state index is 8.63. The Morgan fingerprint density at radius 3 is 3.19 bits per heavy atom. The predicted molar refractivity (Wildman–Crippen MR) is 66.2 cm³/mol. The highest BCUT2D eigenvalue weighted by Crippen LogP contribution is 2.20. The molecular formula is C10H12N2O2S2. The van der Waals surface area contributed by atoms with E-state index in [0.29, 0.717) is 13.3 Å². The van der Waals surface area contributed by atoms with Crippen molar-refractivity contribution < 1.29 is 9.84 Å². The minimum atomic E-state index is 0.0278. The quantitative estimate of drug-likeness (QED) is 0.672. The number of aliphatic hydroxyl groups is 1. The molecule has 4 nitrogen and oxygen atoms in total. The van der Waals surface area contributed by atoms with Crippen molar-refractivity contribution in [2.24, 2.45) is 0 Å². The van der Waals surface area contributed by atoms with Gasteiger partial charge in [0.15, 0.2) is 0 Å². The number of imidazole rings is 1. The van der Waals surface area contributed by atoms with Crippen LogP contribution in [0.15, 0.2) is 12.4 Å². The van der Waals surface area contributed by atoms with Gasteiger partial charge in [-0.3, -0.25) is 0 Å². The Labute approximate surface area is 102 Å². The summed E-state index contributed by atoms with van der Waals surface area (Å²) in [5.41, 5.74) is 1.83. The summed E-state index contributed by atoms with van der Waals surface area (Å²) in [5.74, 6) is 0. The van der Waals surface area contributed by atoms with Gasteiger partial charge in [0, 0.05) is 4.88 Å². The molecule has 2 aromatic heterocycles. The predicted octanol–water partition coefficient (Wildman–Crippen LogP) is 2.10. The average molecular weight is 256 g/mol. The highest BCUT2D eigenvalue weighted by Gasteiger charge is 2.05. The second kappa shape index (κ2) is 5.01. The van der Waals surface area contributed by atoms with Crippen molar-refractivity contribution in [3.05, 3.63) is 21.1 Å². The van der Waals surface area contributed by atoms with E-state index in [9.17, 15) is 0 Å². The van der Waals surface area contributed by atoms with Crippen LogP contribution in [0.2, 0.25) is 0 Å². The van der Waals surface area contributed by atoms with Gasteiger partial charge in [0.1, 0.15) is 16.1 Å². The zero-order valence-corrected chi connectivity index (χ0v) is 10.5. The highest BCUT2D eigenvalue weighted by molar-refractivity contribution is 7.73. The first-order valence-corrected chi connectivity index (χ1v) is 6.09. The lowest BCUT2D eigenvalue weighted by Crippen LogP contribution is -2.04. The van der Waals surface area contributed by atoms with Crippen LogP contribution < -0.4 is 0 Å². The lowest BCUT2D eigenvalue weighted by atomic mass is 10.4. The van der Waals surface area contributed by atoms with Gasteiger partial charge >= 0.3 is 0 Å². The number of aliphatic hydroxyl groups excluding tert-OH is 1. The van der Waals surface area contributed by atoms with Crippen LogP contribution in [-0.4, -0.2) is 27.9 Å². The molecule has 0 unspecified atom stereocenters. The number of nitrogens with zero attached hydrogens (tertiary/aromatic N) is 2. The molecule has 0 spiro atoms. The Kier molecular flexibility index (Phi) is 3.65. The van der Waals surface area contributed by atoms with Crippen LogP contribution >= 0.6 is 23.6 Å². The Bertz CT molecular complexity index is 547. The van der Waals surface area contributed by atoms with Crippen LogP contribution in [0.25, 0.3) is 11.0 Å². The molecule has 2 rings (SSSR count). The Morgan fingerprint density at radius 2 is 2.44 bits per heavy atom. The van der Waals surface area contributed by atoms with E-state index in [1.807, 2.05) is 17.6 Å². The second-order valence-electron chi connectivity index (χ2n) is 3.35. The van der Waals surface area contributed by atoms with Crippen molar-refractivity contribution in [2.75, 3.05) is 13.2 Å². The first kappa shape index (κ1) is 11.7. The van der Waals surface area contributed by atoms with Gasteiger partial charge in [0.25, 0.3) is 0 Å². The standard InChI is InChI=1S/C10H12N2O2S2/c1-7-4-8-9(10(15)16-7)11-5-12(8)6-14-3-2-13/h4-5,13H,2-3,6H2,1H3. The number of ether oxygens (including phenoxy) is 1. The molecule has 0 bridgehead atoms. The zero-order valence-electron chi connectivity index (χ0n) is 8.84. The van der Waals surface area contributed by atoms with E-state index in [2.05, 4.69) is 4.98 Å². The van der Waals surface area contributed by atoms with Gasteiger partial charge in [0.05, 0.1) is 25.1 Å². The van der Waals surface area contributed by atoms with Crippen LogP contribution in [0.4, 0.5) is 0 Å². The van der Waals surface area contributed by atoms with Gasteiger partial charge in [-0.2, -0.15) is 0 Å². The summed E-state index contributed by atoms with van der Waals surface area (Å²) in [5, 5.41) is 8.63. The topological polar surface area (TPSA) is 47.3 Å². The molecule has 2 heterocycles. The summed E-state index contributed by atoms with van der Waals surface area (Å²) >= 11 is 6.81. The molecule has 0 fully saturated rings. The van der Waals surface area contributed by atoms with Crippen molar-refractivity contribution in [3.63, 3.8) is 0 Å². The fraction of sp³-hybridized carbons (Fsp3) is 0.400. The Morgan fingerprint density at radius 1 is 1.62 bits per heavy atom. The summed E-state index contributed by atoms with van der Waals surface area (Å²) in [4.78, 5) is 5.42. The summed E-state index contributed by atoms with van der Waals surface area (Å²) in [7, 11) is 0. The fourth-order valence-electron chi connectivity index (χ4n) is 1.45. The Hall–Kier alpha value is -0.820. The van der Waals surface area contributed by atoms with Gasteiger partial charge in [-0.05, 0) is 13.0 Å². The van der Waals surface area contributed by atoms with Gasteiger partial charge in [0.2, 0.25) is 0 Å². The number of aromatic nitrogens is 2. The number of hydrogen-bond donors (Lipinski definition) is 1. The molecular weight excluding hydrogens is 244 g/mol. The van der Waals surface area contributed by atoms with Gasteiger partial charge in [-0.25, -0.2) is 4.98 Å². The molecule has 0 aliphatic carbocycles. The van der Waals surface area contributed by atoms with Crippen LogP contribution in [0.1, 0.15) is 4.88 Å². The van der Waals surface area contributed by atoms with E-state index < -0.39 is 0 Å². The molecule has 0 aliphatic rings. The Balaban J connectivity index is 2.36. The molecule has 0 saturated carbocycles. The first-order chi connectivity index (χ1) is 7.72. The van der Waals surface area contributed by atoms with Crippen molar-refractivity contribution in [1.29, 1.82) is 0 Å². The lowest BCUT2D eigenvalue weighted by molar-refractivity contribution is 0.0501.